The van der Waals surface area contributed by atoms with E-state index in [0.29, 0.717) is 6.61 Å². The third kappa shape index (κ3) is 3.02. The molecule has 0 aliphatic heterocycles. The quantitative estimate of drug-likeness (QED) is 0.839. The Balaban J connectivity index is 2.13. The van der Waals surface area contributed by atoms with Gasteiger partial charge in [0.25, 0.3) is 0 Å². The Bertz CT molecular complexity index is 527. The molecular weight excluding hydrogens is 248 g/mol. The number of hydrogen-bond acceptors (Lipinski definition) is 6. The Hall–Kier alpha value is -1.53. The Morgan fingerprint density at radius 3 is 2.83 bits per heavy atom. The number of methoxy groups -OCH3 is 1. The highest BCUT2D eigenvalue weighted by molar-refractivity contribution is 7.18. The van der Waals surface area contributed by atoms with E-state index in [2.05, 4.69) is 20.5 Å². The van der Waals surface area contributed by atoms with E-state index in [1.54, 1.807) is 7.11 Å². The van der Waals surface area contributed by atoms with Crippen molar-refractivity contribution in [2.45, 2.75) is 13.8 Å². The summed E-state index contributed by atoms with van der Waals surface area (Å²) >= 11 is 1.53. The van der Waals surface area contributed by atoms with Gasteiger partial charge in [0.2, 0.25) is 5.13 Å². The summed E-state index contributed by atoms with van der Waals surface area (Å²) in [6.45, 7) is 5.35. The highest BCUT2D eigenvalue weighted by atomic mass is 32.1. The first-order valence-corrected chi connectivity index (χ1v) is 6.53. The SMILES string of the molecule is COCCNc1nnc(-c2ccc(C)nc2C)s1. The zero-order valence-corrected chi connectivity index (χ0v) is 11.5. The molecule has 2 aromatic heterocycles. The normalized spacial score (nSPS) is 10.6. The van der Waals surface area contributed by atoms with Gasteiger partial charge in [-0.3, -0.25) is 4.98 Å². The molecule has 0 fully saturated rings. The van der Waals surface area contributed by atoms with Crippen LogP contribution in [0.1, 0.15) is 11.4 Å². The molecule has 0 amide bonds. The lowest BCUT2D eigenvalue weighted by Crippen LogP contribution is -2.06. The molecule has 2 rings (SSSR count). The van der Waals surface area contributed by atoms with E-state index >= 15 is 0 Å². The second kappa shape index (κ2) is 5.88. The topological polar surface area (TPSA) is 59.9 Å². The van der Waals surface area contributed by atoms with Crippen LogP contribution >= 0.6 is 11.3 Å². The fourth-order valence-corrected chi connectivity index (χ4v) is 2.42. The lowest BCUT2D eigenvalue weighted by atomic mass is 10.2. The molecule has 18 heavy (non-hydrogen) atoms. The van der Waals surface area contributed by atoms with Crippen LogP contribution < -0.4 is 5.32 Å². The first kappa shape index (κ1) is 12.9. The van der Waals surface area contributed by atoms with Crippen molar-refractivity contribution in [1.82, 2.24) is 15.2 Å². The number of anilines is 1. The summed E-state index contributed by atoms with van der Waals surface area (Å²) in [6, 6.07) is 4.03. The number of aryl methyl sites for hydroxylation is 2. The summed E-state index contributed by atoms with van der Waals surface area (Å²) in [6.07, 6.45) is 0. The monoisotopic (exact) mass is 264 g/mol. The van der Waals surface area contributed by atoms with Crippen LogP contribution in [0.2, 0.25) is 0 Å². The van der Waals surface area contributed by atoms with Crippen molar-refractivity contribution in [3.63, 3.8) is 0 Å². The van der Waals surface area contributed by atoms with Gasteiger partial charge in [0.05, 0.1) is 6.61 Å². The summed E-state index contributed by atoms with van der Waals surface area (Å²) in [7, 11) is 1.68. The minimum atomic E-state index is 0.653. The maximum absolute atomic E-state index is 4.97. The highest BCUT2D eigenvalue weighted by Crippen LogP contribution is 2.27. The molecule has 2 heterocycles. The van der Waals surface area contributed by atoms with Crippen LogP contribution in [0.15, 0.2) is 12.1 Å². The molecule has 0 spiro atoms. The van der Waals surface area contributed by atoms with Gasteiger partial charge in [0, 0.05) is 30.6 Å². The van der Waals surface area contributed by atoms with E-state index < -0.39 is 0 Å². The molecule has 0 aliphatic carbocycles. The third-order valence-electron chi connectivity index (χ3n) is 2.46. The predicted molar refractivity (Wildman–Crippen MR) is 73.0 cm³/mol. The van der Waals surface area contributed by atoms with Crippen LogP contribution in [0.25, 0.3) is 10.6 Å². The van der Waals surface area contributed by atoms with E-state index in [1.165, 1.54) is 11.3 Å². The fraction of sp³-hybridized carbons (Fsp3) is 0.417. The average Bonchev–Trinajstić information content (AvgIpc) is 2.78. The third-order valence-corrected chi connectivity index (χ3v) is 3.38. The summed E-state index contributed by atoms with van der Waals surface area (Å²) in [5, 5.41) is 13.1. The zero-order valence-electron chi connectivity index (χ0n) is 10.7. The Labute approximate surface area is 110 Å². The van der Waals surface area contributed by atoms with Crippen molar-refractivity contribution in [3.05, 3.63) is 23.5 Å². The molecule has 0 unspecified atom stereocenters. The largest absolute Gasteiger partial charge is 0.383 e. The first-order valence-electron chi connectivity index (χ1n) is 5.71. The van der Waals surface area contributed by atoms with E-state index in [1.807, 2.05) is 26.0 Å². The van der Waals surface area contributed by atoms with Crippen LogP contribution in [0, 0.1) is 13.8 Å². The molecule has 1 N–H and O–H groups in total. The molecule has 0 atom stereocenters. The van der Waals surface area contributed by atoms with Crippen molar-refractivity contribution in [2.24, 2.45) is 0 Å². The minimum Gasteiger partial charge on any atom is -0.383 e. The van der Waals surface area contributed by atoms with Crippen LogP contribution in [0.5, 0.6) is 0 Å². The number of nitrogens with zero attached hydrogens (tertiary/aromatic N) is 3. The lowest BCUT2D eigenvalue weighted by Gasteiger charge is -2.01. The van der Waals surface area contributed by atoms with Crippen LogP contribution in [0.4, 0.5) is 5.13 Å². The fourth-order valence-electron chi connectivity index (χ4n) is 1.58. The van der Waals surface area contributed by atoms with E-state index in [-0.39, 0.29) is 0 Å². The maximum atomic E-state index is 4.97. The number of pyridine rings is 1. The molecule has 96 valence electrons. The number of rotatable bonds is 5. The van der Waals surface area contributed by atoms with Gasteiger partial charge in [-0.05, 0) is 26.0 Å². The molecule has 6 heteroatoms. The van der Waals surface area contributed by atoms with E-state index in [4.69, 9.17) is 4.74 Å². The average molecular weight is 264 g/mol. The number of nitrogens with one attached hydrogen (secondary N) is 1. The number of aromatic nitrogens is 3. The first-order chi connectivity index (χ1) is 8.70. The molecule has 2 aromatic rings. The molecular formula is C12H16N4OS. The summed E-state index contributed by atoms with van der Waals surface area (Å²) < 4.78 is 4.97. The summed E-state index contributed by atoms with van der Waals surface area (Å²) in [5.41, 5.74) is 3.03. The predicted octanol–water partition coefficient (Wildman–Crippen LogP) is 2.28. The van der Waals surface area contributed by atoms with Gasteiger partial charge in [0.15, 0.2) is 5.01 Å². The molecule has 0 aromatic carbocycles. The van der Waals surface area contributed by atoms with Crippen molar-refractivity contribution < 1.29 is 4.74 Å². The smallest absolute Gasteiger partial charge is 0.206 e. The molecule has 0 aliphatic rings. The van der Waals surface area contributed by atoms with Gasteiger partial charge in [-0.2, -0.15) is 0 Å². The van der Waals surface area contributed by atoms with Gasteiger partial charge in [-0.1, -0.05) is 11.3 Å². The number of hydrogen-bond donors (Lipinski definition) is 1. The lowest BCUT2D eigenvalue weighted by molar-refractivity contribution is 0.211. The van der Waals surface area contributed by atoms with Crippen LogP contribution in [-0.2, 0) is 4.74 Å². The molecule has 0 saturated heterocycles. The Morgan fingerprint density at radius 1 is 1.28 bits per heavy atom. The number of ether oxygens (including phenoxy) is 1. The zero-order chi connectivity index (χ0) is 13.0. The van der Waals surface area contributed by atoms with Crippen LogP contribution in [0.3, 0.4) is 0 Å². The van der Waals surface area contributed by atoms with Crippen molar-refractivity contribution in [1.29, 1.82) is 0 Å². The van der Waals surface area contributed by atoms with Gasteiger partial charge in [0.1, 0.15) is 0 Å². The van der Waals surface area contributed by atoms with E-state index in [9.17, 15) is 0 Å². The van der Waals surface area contributed by atoms with Crippen molar-refractivity contribution >= 4 is 16.5 Å². The molecule has 5 nitrogen and oxygen atoms in total. The molecule has 0 bridgehead atoms. The minimum absolute atomic E-state index is 0.653. The molecule has 0 saturated carbocycles. The van der Waals surface area contributed by atoms with E-state index in [0.717, 1.165) is 33.6 Å². The van der Waals surface area contributed by atoms with Crippen molar-refractivity contribution in [2.75, 3.05) is 25.6 Å². The Kier molecular flexibility index (Phi) is 4.22. The second-order valence-corrected chi connectivity index (χ2v) is 4.90. The second-order valence-electron chi connectivity index (χ2n) is 3.92. The van der Waals surface area contributed by atoms with Crippen molar-refractivity contribution in [3.8, 4) is 10.6 Å². The van der Waals surface area contributed by atoms with Gasteiger partial charge in [-0.15, -0.1) is 10.2 Å². The van der Waals surface area contributed by atoms with Gasteiger partial charge < -0.3 is 10.1 Å². The van der Waals surface area contributed by atoms with Crippen LogP contribution in [-0.4, -0.2) is 35.4 Å². The van der Waals surface area contributed by atoms with Gasteiger partial charge >= 0.3 is 0 Å². The highest BCUT2D eigenvalue weighted by Gasteiger charge is 2.09. The summed E-state index contributed by atoms with van der Waals surface area (Å²) in [5.74, 6) is 0. The summed E-state index contributed by atoms with van der Waals surface area (Å²) in [4.78, 5) is 4.43. The maximum Gasteiger partial charge on any atom is 0.206 e. The van der Waals surface area contributed by atoms with Gasteiger partial charge in [-0.25, -0.2) is 0 Å². The standard InChI is InChI=1S/C12H16N4OS/c1-8-4-5-10(9(2)14-8)11-15-16-12(18-11)13-6-7-17-3/h4-5H,6-7H2,1-3H3,(H,13,16). The Morgan fingerprint density at radius 2 is 2.11 bits per heavy atom. The molecule has 0 radical (unpaired) electrons.